The molecule has 1 heterocycles. The monoisotopic (exact) mass is 186 g/mol. The summed E-state index contributed by atoms with van der Waals surface area (Å²) >= 11 is 0. The summed E-state index contributed by atoms with van der Waals surface area (Å²) in [6, 6.07) is 0. The zero-order chi connectivity index (χ0) is 9.90. The molecule has 1 aromatic heterocycles. The van der Waals surface area contributed by atoms with Gasteiger partial charge in [-0.3, -0.25) is 4.68 Å². The number of hydrogen-bond acceptors (Lipinski definition) is 3. The summed E-state index contributed by atoms with van der Waals surface area (Å²) in [5.41, 5.74) is 3.89. The third-order valence-corrected chi connectivity index (χ3v) is 1.95. The minimum Gasteiger partial charge on any atom is -0.328 e. The molecule has 5 heteroatoms. The second kappa shape index (κ2) is 3.83. The van der Waals surface area contributed by atoms with E-state index in [1.54, 1.807) is 4.68 Å². The summed E-state index contributed by atoms with van der Waals surface area (Å²) in [6.07, 6.45) is 1.66. The lowest BCUT2D eigenvalue weighted by molar-refractivity contribution is 0.194. The maximum absolute atomic E-state index is 13.5. The summed E-state index contributed by atoms with van der Waals surface area (Å²) in [6.45, 7) is 4.12. The minimum absolute atomic E-state index is 0.00355. The van der Waals surface area contributed by atoms with Gasteiger partial charge in [0.1, 0.15) is 17.8 Å². The maximum Gasteiger partial charge on any atom is 0.138 e. The predicted octanol–water partition coefficient (Wildman–Crippen LogP) is 0.527. The summed E-state index contributed by atoms with van der Waals surface area (Å²) in [4.78, 5) is 3.98. The maximum atomic E-state index is 13.5. The SMILES string of the molecule is CCn1ncnc1CC(C)(F)CN. The number of aromatic nitrogens is 3. The highest BCUT2D eigenvalue weighted by Gasteiger charge is 2.24. The van der Waals surface area contributed by atoms with Crippen molar-refractivity contribution < 1.29 is 4.39 Å². The Kier molecular flexibility index (Phi) is 2.98. The lowest BCUT2D eigenvalue weighted by atomic mass is 10.1. The summed E-state index contributed by atoms with van der Waals surface area (Å²) in [5.74, 6) is 0.651. The molecule has 0 fully saturated rings. The van der Waals surface area contributed by atoms with Crippen molar-refractivity contribution in [3.05, 3.63) is 12.2 Å². The fourth-order valence-corrected chi connectivity index (χ4v) is 1.09. The van der Waals surface area contributed by atoms with Crippen molar-refractivity contribution in [2.45, 2.75) is 32.5 Å². The molecule has 0 bridgehead atoms. The number of rotatable bonds is 4. The first-order chi connectivity index (χ1) is 6.09. The molecule has 1 atom stereocenters. The molecule has 74 valence electrons. The third kappa shape index (κ3) is 2.48. The zero-order valence-corrected chi connectivity index (χ0v) is 8.00. The molecular formula is C8H15FN4. The normalized spacial score (nSPS) is 15.7. The Hall–Kier alpha value is -0.970. The van der Waals surface area contributed by atoms with E-state index in [2.05, 4.69) is 10.1 Å². The molecule has 0 aliphatic carbocycles. The van der Waals surface area contributed by atoms with Gasteiger partial charge in [0, 0.05) is 19.5 Å². The van der Waals surface area contributed by atoms with E-state index in [9.17, 15) is 4.39 Å². The first-order valence-corrected chi connectivity index (χ1v) is 4.34. The number of alkyl halides is 1. The van der Waals surface area contributed by atoms with Crippen LogP contribution < -0.4 is 5.73 Å². The van der Waals surface area contributed by atoms with Crippen LogP contribution >= 0.6 is 0 Å². The van der Waals surface area contributed by atoms with E-state index in [0.717, 1.165) is 0 Å². The predicted molar refractivity (Wildman–Crippen MR) is 48.0 cm³/mol. The van der Waals surface area contributed by atoms with E-state index >= 15 is 0 Å². The number of hydrogen-bond donors (Lipinski definition) is 1. The van der Waals surface area contributed by atoms with Crippen LogP contribution in [0.5, 0.6) is 0 Å². The van der Waals surface area contributed by atoms with Gasteiger partial charge in [0.25, 0.3) is 0 Å². The van der Waals surface area contributed by atoms with E-state index in [-0.39, 0.29) is 13.0 Å². The number of aryl methyl sites for hydroxylation is 1. The van der Waals surface area contributed by atoms with Gasteiger partial charge in [0.05, 0.1) is 0 Å². The molecule has 13 heavy (non-hydrogen) atoms. The second-order valence-corrected chi connectivity index (χ2v) is 3.29. The fraction of sp³-hybridized carbons (Fsp3) is 0.750. The van der Waals surface area contributed by atoms with Crippen LogP contribution in [0.4, 0.5) is 4.39 Å². The smallest absolute Gasteiger partial charge is 0.138 e. The molecule has 1 unspecified atom stereocenters. The Balaban J connectivity index is 2.73. The van der Waals surface area contributed by atoms with Gasteiger partial charge in [-0.1, -0.05) is 0 Å². The Morgan fingerprint density at radius 2 is 2.38 bits per heavy atom. The molecule has 0 amide bonds. The number of nitrogens with zero attached hydrogens (tertiary/aromatic N) is 3. The summed E-state index contributed by atoms with van der Waals surface area (Å²) in [5, 5.41) is 3.95. The Morgan fingerprint density at radius 1 is 1.69 bits per heavy atom. The molecule has 1 aromatic rings. The largest absolute Gasteiger partial charge is 0.328 e. The van der Waals surface area contributed by atoms with Gasteiger partial charge in [0.2, 0.25) is 0 Å². The van der Waals surface area contributed by atoms with Crippen LogP contribution in [-0.4, -0.2) is 27.0 Å². The minimum atomic E-state index is -1.39. The third-order valence-electron chi connectivity index (χ3n) is 1.95. The van der Waals surface area contributed by atoms with Crippen LogP contribution in [0.25, 0.3) is 0 Å². The molecular weight excluding hydrogens is 171 g/mol. The average molecular weight is 186 g/mol. The van der Waals surface area contributed by atoms with Crippen LogP contribution in [0.2, 0.25) is 0 Å². The van der Waals surface area contributed by atoms with Gasteiger partial charge in [-0.15, -0.1) is 0 Å². The number of nitrogens with two attached hydrogens (primary N) is 1. The van der Waals surface area contributed by atoms with Crippen molar-refractivity contribution in [2.24, 2.45) is 5.73 Å². The van der Waals surface area contributed by atoms with Gasteiger partial charge in [-0.2, -0.15) is 5.10 Å². The van der Waals surface area contributed by atoms with Crippen LogP contribution in [0, 0.1) is 0 Å². The van der Waals surface area contributed by atoms with E-state index in [1.807, 2.05) is 6.92 Å². The van der Waals surface area contributed by atoms with E-state index in [0.29, 0.717) is 12.4 Å². The summed E-state index contributed by atoms with van der Waals surface area (Å²) < 4.78 is 15.2. The molecule has 0 aliphatic rings. The quantitative estimate of drug-likeness (QED) is 0.746. The molecule has 0 spiro atoms. The van der Waals surface area contributed by atoms with Crippen LogP contribution in [0.1, 0.15) is 19.7 Å². The van der Waals surface area contributed by atoms with Crippen molar-refractivity contribution in [1.29, 1.82) is 0 Å². The molecule has 0 aliphatic heterocycles. The Bertz CT molecular complexity index is 269. The van der Waals surface area contributed by atoms with Crippen molar-refractivity contribution in [3.8, 4) is 0 Å². The second-order valence-electron chi connectivity index (χ2n) is 3.29. The van der Waals surface area contributed by atoms with E-state index in [1.165, 1.54) is 13.3 Å². The number of halogens is 1. The van der Waals surface area contributed by atoms with E-state index < -0.39 is 5.67 Å². The lowest BCUT2D eigenvalue weighted by Crippen LogP contribution is -2.33. The van der Waals surface area contributed by atoms with Gasteiger partial charge >= 0.3 is 0 Å². The Labute approximate surface area is 77.0 Å². The van der Waals surface area contributed by atoms with Gasteiger partial charge in [-0.25, -0.2) is 9.37 Å². The highest BCUT2D eigenvalue weighted by molar-refractivity contribution is 4.93. The first-order valence-electron chi connectivity index (χ1n) is 4.34. The standard InChI is InChI=1S/C8H15FN4/c1-3-13-7(11-6-12-13)4-8(2,9)5-10/h6H,3-5,10H2,1-2H3. The van der Waals surface area contributed by atoms with Crippen molar-refractivity contribution in [2.75, 3.05) is 6.54 Å². The summed E-state index contributed by atoms with van der Waals surface area (Å²) in [7, 11) is 0. The molecule has 2 N–H and O–H groups in total. The lowest BCUT2D eigenvalue weighted by Gasteiger charge is -2.16. The first kappa shape index (κ1) is 10.1. The van der Waals surface area contributed by atoms with Crippen LogP contribution in [0.15, 0.2) is 6.33 Å². The Morgan fingerprint density at radius 3 is 2.92 bits per heavy atom. The topological polar surface area (TPSA) is 56.7 Å². The molecule has 0 saturated heterocycles. The highest BCUT2D eigenvalue weighted by atomic mass is 19.1. The average Bonchev–Trinajstić information content (AvgIpc) is 2.51. The molecule has 0 radical (unpaired) electrons. The van der Waals surface area contributed by atoms with Gasteiger partial charge < -0.3 is 5.73 Å². The van der Waals surface area contributed by atoms with Crippen molar-refractivity contribution >= 4 is 0 Å². The highest BCUT2D eigenvalue weighted by Crippen LogP contribution is 2.14. The fourth-order valence-electron chi connectivity index (χ4n) is 1.09. The van der Waals surface area contributed by atoms with Gasteiger partial charge in [-0.05, 0) is 13.8 Å². The zero-order valence-electron chi connectivity index (χ0n) is 8.00. The van der Waals surface area contributed by atoms with Crippen molar-refractivity contribution in [1.82, 2.24) is 14.8 Å². The molecule has 4 nitrogen and oxygen atoms in total. The van der Waals surface area contributed by atoms with Crippen LogP contribution in [0.3, 0.4) is 0 Å². The molecule has 1 rings (SSSR count). The van der Waals surface area contributed by atoms with Crippen LogP contribution in [-0.2, 0) is 13.0 Å². The van der Waals surface area contributed by atoms with Gasteiger partial charge in [0.15, 0.2) is 0 Å². The van der Waals surface area contributed by atoms with E-state index in [4.69, 9.17) is 5.73 Å². The van der Waals surface area contributed by atoms with Crippen molar-refractivity contribution in [3.63, 3.8) is 0 Å². The molecule has 0 aromatic carbocycles. The molecule has 0 saturated carbocycles.